The molecule has 154 valence electrons. The van der Waals surface area contributed by atoms with Gasteiger partial charge >= 0.3 is 5.97 Å². The van der Waals surface area contributed by atoms with Crippen LogP contribution < -0.4 is 0 Å². The Morgan fingerprint density at radius 1 is 1.10 bits per heavy atom. The molecule has 0 radical (unpaired) electrons. The van der Waals surface area contributed by atoms with Crippen molar-refractivity contribution in [2.24, 2.45) is 0 Å². The standard InChI is InChI=1S/C22H24BrNO4S/c1-3-4-5-18-14-20(22(25)26)21(16-8-10-17(23)11-9-16)24(18)29(27,28)19-12-6-15(2)7-13-19/h6-14,18,21H,3-5H2,1-2H3,(H,25,26)/t18-,21+/m1/s1. The fraction of sp³-hybridized carbons (Fsp3) is 0.318. The maximum absolute atomic E-state index is 13.6. The van der Waals surface area contributed by atoms with E-state index >= 15 is 0 Å². The van der Waals surface area contributed by atoms with Crippen molar-refractivity contribution in [1.82, 2.24) is 4.31 Å². The molecule has 3 rings (SSSR count). The Morgan fingerprint density at radius 3 is 2.28 bits per heavy atom. The average molecular weight is 478 g/mol. The van der Waals surface area contributed by atoms with Crippen molar-refractivity contribution in [3.63, 3.8) is 0 Å². The lowest BCUT2D eigenvalue weighted by Gasteiger charge is -2.31. The maximum atomic E-state index is 13.6. The minimum absolute atomic E-state index is 0.101. The number of rotatable bonds is 7. The molecular formula is C22H24BrNO4S. The molecule has 1 aliphatic rings. The molecule has 2 aromatic rings. The highest BCUT2D eigenvalue weighted by Crippen LogP contribution is 2.42. The van der Waals surface area contributed by atoms with Crippen LogP contribution in [0, 0.1) is 6.92 Å². The first kappa shape index (κ1) is 21.7. The van der Waals surface area contributed by atoms with Crippen molar-refractivity contribution in [3.8, 4) is 0 Å². The molecule has 2 atom stereocenters. The number of nitrogens with zero attached hydrogens (tertiary/aromatic N) is 1. The first-order valence-electron chi connectivity index (χ1n) is 9.56. The van der Waals surface area contributed by atoms with Crippen molar-refractivity contribution < 1.29 is 18.3 Å². The van der Waals surface area contributed by atoms with Crippen molar-refractivity contribution in [2.75, 3.05) is 0 Å². The number of carbonyl (C=O) groups is 1. The highest BCUT2D eigenvalue weighted by molar-refractivity contribution is 9.10. The van der Waals surface area contributed by atoms with E-state index in [0.717, 1.165) is 22.9 Å². The van der Waals surface area contributed by atoms with Gasteiger partial charge in [-0.3, -0.25) is 0 Å². The predicted molar refractivity (Wildman–Crippen MR) is 116 cm³/mol. The summed E-state index contributed by atoms with van der Waals surface area (Å²) in [7, 11) is -3.90. The zero-order valence-corrected chi connectivity index (χ0v) is 18.8. The second-order valence-electron chi connectivity index (χ2n) is 7.24. The molecule has 0 spiro atoms. The van der Waals surface area contributed by atoms with Crippen LogP contribution in [0.25, 0.3) is 0 Å². The van der Waals surface area contributed by atoms with Crippen LogP contribution >= 0.6 is 15.9 Å². The minimum Gasteiger partial charge on any atom is -0.478 e. The molecule has 1 N–H and O–H groups in total. The Hall–Kier alpha value is -1.96. The Labute approximate surface area is 180 Å². The first-order chi connectivity index (χ1) is 13.8. The summed E-state index contributed by atoms with van der Waals surface area (Å²) in [4.78, 5) is 12.2. The molecule has 7 heteroatoms. The predicted octanol–water partition coefficient (Wildman–Crippen LogP) is 5.07. The largest absolute Gasteiger partial charge is 0.478 e. The van der Waals surface area contributed by atoms with E-state index in [1.807, 2.05) is 13.8 Å². The fourth-order valence-corrected chi connectivity index (χ4v) is 5.66. The minimum atomic E-state index is -3.90. The molecule has 0 unspecified atom stereocenters. The third kappa shape index (κ3) is 4.47. The monoisotopic (exact) mass is 477 g/mol. The number of sulfonamides is 1. The van der Waals surface area contributed by atoms with Gasteiger partial charge in [0.15, 0.2) is 0 Å². The lowest BCUT2D eigenvalue weighted by molar-refractivity contribution is -0.133. The van der Waals surface area contributed by atoms with Gasteiger partial charge in [-0.15, -0.1) is 0 Å². The number of benzene rings is 2. The number of hydrogen-bond donors (Lipinski definition) is 1. The summed E-state index contributed by atoms with van der Waals surface area (Å²) in [6.07, 6.45) is 3.89. The molecule has 0 aliphatic carbocycles. The van der Waals surface area contributed by atoms with Gasteiger partial charge in [0, 0.05) is 10.5 Å². The van der Waals surface area contributed by atoms with Crippen LogP contribution in [0.15, 0.2) is 69.5 Å². The van der Waals surface area contributed by atoms with Gasteiger partial charge in [-0.2, -0.15) is 4.31 Å². The number of carboxylic acid groups (broad SMARTS) is 1. The Balaban J connectivity index is 2.15. The Kier molecular flexibility index (Phi) is 6.61. The molecular weight excluding hydrogens is 454 g/mol. The summed E-state index contributed by atoms with van der Waals surface area (Å²) in [6, 6.07) is 12.4. The quantitative estimate of drug-likeness (QED) is 0.603. The average Bonchev–Trinajstić information content (AvgIpc) is 3.08. The van der Waals surface area contributed by atoms with Crippen LogP contribution in [0.5, 0.6) is 0 Å². The van der Waals surface area contributed by atoms with Gasteiger partial charge in [-0.25, -0.2) is 13.2 Å². The van der Waals surface area contributed by atoms with E-state index in [0.29, 0.717) is 12.0 Å². The lowest BCUT2D eigenvalue weighted by Crippen LogP contribution is -2.39. The molecule has 0 amide bonds. The molecule has 1 heterocycles. The van der Waals surface area contributed by atoms with E-state index < -0.39 is 28.1 Å². The van der Waals surface area contributed by atoms with Crippen molar-refractivity contribution >= 4 is 31.9 Å². The summed E-state index contributed by atoms with van der Waals surface area (Å²) < 4.78 is 29.5. The first-order valence-corrected chi connectivity index (χ1v) is 11.8. The Morgan fingerprint density at radius 2 is 1.72 bits per heavy atom. The molecule has 0 fully saturated rings. The fourth-order valence-electron chi connectivity index (χ4n) is 3.63. The summed E-state index contributed by atoms with van der Waals surface area (Å²) in [5.41, 5.74) is 1.70. The van der Waals surface area contributed by atoms with Gasteiger partial charge in [0.25, 0.3) is 0 Å². The number of aliphatic carboxylic acids is 1. The third-order valence-electron chi connectivity index (χ3n) is 5.13. The van der Waals surface area contributed by atoms with Gasteiger partial charge < -0.3 is 5.11 Å². The van der Waals surface area contributed by atoms with Crippen molar-refractivity contribution in [1.29, 1.82) is 0 Å². The van der Waals surface area contributed by atoms with Crippen LogP contribution in [-0.2, 0) is 14.8 Å². The SMILES string of the molecule is CCCC[C@@H]1C=C(C(=O)O)[C@H](c2ccc(Br)cc2)N1S(=O)(=O)c1ccc(C)cc1. The zero-order chi connectivity index (χ0) is 21.2. The smallest absolute Gasteiger partial charge is 0.333 e. The number of halogens is 1. The van der Waals surface area contributed by atoms with Gasteiger partial charge in [-0.05, 0) is 43.2 Å². The second kappa shape index (κ2) is 8.81. The number of unbranched alkanes of at least 4 members (excludes halogenated alkanes) is 1. The van der Waals surface area contributed by atoms with E-state index in [2.05, 4.69) is 15.9 Å². The molecule has 1 aliphatic heterocycles. The van der Waals surface area contributed by atoms with Gasteiger partial charge in [0.1, 0.15) is 0 Å². The van der Waals surface area contributed by atoms with E-state index in [9.17, 15) is 18.3 Å². The van der Waals surface area contributed by atoms with Gasteiger partial charge in [-0.1, -0.05) is 71.6 Å². The topological polar surface area (TPSA) is 74.7 Å². The number of aryl methyl sites for hydroxylation is 1. The summed E-state index contributed by atoms with van der Waals surface area (Å²) in [5.74, 6) is -1.10. The van der Waals surface area contributed by atoms with Crippen molar-refractivity contribution in [3.05, 3.63) is 75.8 Å². The van der Waals surface area contributed by atoms with E-state index in [4.69, 9.17) is 0 Å². The van der Waals surface area contributed by atoms with Crippen LogP contribution in [0.2, 0.25) is 0 Å². The summed E-state index contributed by atoms with van der Waals surface area (Å²) in [6.45, 7) is 3.92. The number of carboxylic acids is 1. The lowest BCUT2D eigenvalue weighted by atomic mass is 10.0. The highest BCUT2D eigenvalue weighted by atomic mass is 79.9. The molecule has 0 saturated carbocycles. The second-order valence-corrected chi connectivity index (χ2v) is 10.00. The van der Waals surface area contributed by atoms with Crippen LogP contribution in [0.4, 0.5) is 0 Å². The molecule has 0 bridgehead atoms. The molecule has 29 heavy (non-hydrogen) atoms. The van der Waals surface area contributed by atoms with Crippen LogP contribution in [-0.4, -0.2) is 29.8 Å². The molecule has 2 aromatic carbocycles. The van der Waals surface area contributed by atoms with Crippen LogP contribution in [0.3, 0.4) is 0 Å². The molecule has 5 nitrogen and oxygen atoms in total. The maximum Gasteiger partial charge on any atom is 0.333 e. The van der Waals surface area contributed by atoms with E-state index in [1.54, 1.807) is 54.6 Å². The number of hydrogen-bond acceptors (Lipinski definition) is 3. The zero-order valence-electron chi connectivity index (χ0n) is 16.4. The Bertz CT molecular complexity index is 1010. The normalized spacial score (nSPS) is 19.9. The van der Waals surface area contributed by atoms with E-state index in [-0.39, 0.29) is 10.5 Å². The summed E-state index contributed by atoms with van der Waals surface area (Å²) in [5, 5.41) is 9.83. The van der Waals surface area contributed by atoms with Crippen molar-refractivity contribution in [2.45, 2.75) is 50.1 Å². The van der Waals surface area contributed by atoms with Crippen LogP contribution in [0.1, 0.15) is 43.4 Å². The molecule has 0 aromatic heterocycles. The third-order valence-corrected chi connectivity index (χ3v) is 7.56. The van der Waals surface area contributed by atoms with E-state index in [1.165, 1.54) is 4.31 Å². The summed E-state index contributed by atoms with van der Waals surface area (Å²) >= 11 is 3.38. The molecule has 0 saturated heterocycles. The highest BCUT2D eigenvalue weighted by Gasteiger charge is 2.45. The van der Waals surface area contributed by atoms with Gasteiger partial charge in [0.2, 0.25) is 10.0 Å². The van der Waals surface area contributed by atoms with Gasteiger partial charge in [0.05, 0.1) is 16.5 Å².